The fourth-order valence-electron chi connectivity index (χ4n) is 4.00. The van der Waals surface area contributed by atoms with Crippen molar-refractivity contribution in [3.05, 3.63) is 91.1 Å². The zero-order valence-electron chi connectivity index (χ0n) is 16.3. The molecule has 6 aromatic rings. The van der Waals surface area contributed by atoms with Crippen molar-refractivity contribution in [3.8, 4) is 33.6 Å². The van der Waals surface area contributed by atoms with Gasteiger partial charge in [0.05, 0.1) is 11.4 Å². The molecule has 0 fully saturated rings. The summed E-state index contributed by atoms with van der Waals surface area (Å²) < 4.78 is 13.8. The van der Waals surface area contributed by atoms with Crippen LogP contribution in [0.15, 0.2) is 85.3 Å². The van der Waals surface area contributed by atoms with Crippen molar-refractivity contribution in [3.63, 3.8) is 0 Å². The summed E-state index contributed by atoms with van der Waals surface area (Å²) in [7, 11) is 0. The Kier molecular flexibility index (Phi) is 3.89. The Balaban J connectivity index is 1.52. The standard InChI is InChI=1S/C25H16FN5/c26-18-4-1-3-16(11-18)19-5-2-6-22-20(19)13-23(29-22)24-21-12-17(14-28-25(21)31-30-24)15-7-9-27-10-8-15/h1-14,29H,(H,28,30,31). The fraction of sp³-hybridized carbons (Fsp3) is 0. The zero-order chi connectivity index (χ0) is 20.8. The molecule has 0 bridgehead atoms. The highest BCUT2D eigenvalue weighted by Gasteiger charge is 2.14. The highest BCUT2D eigenvalue weighted by atomic mass is 19.1. The summed E-state index contributed by atoms with van der Waals surface area (Å²) in [5.74, 6) is -0.250. The van der Waals surface area contributed by atoms with E-state index in [0.717, 1.165) is 49.9 Å². The molecule has 0 saturated carbocycles. The molecule has 6 heteroatoms. The zero-order valence-corrected chi connectivity index (χ0v) is 16.3. The number of nitrogens with one attached hydrogen (secondary N) is 2. The van der Waals surface area contributed by atoms with Gasteiger partial charge in [-0.2, -0.15) is 5.10 Å². The van der Waals surface area contributed by atoms with Crippen molar-refractivity contribution in [2.75, 3.05) is 0 Å². The molecule has 0 atom stereocenters. The molecule has 5 nitrogen and oxygen atoms in total. The molecule has 0 amide bonds. The van der Waals surface area contributed by atoms with Crippen LogP contribution in [0.3, 0.4) is 0 Å². The molecule has 2 N–H and O–H groups in total. The molecule has 148 valence electrons. The van der Waals surface area contributed by atoms with E-state index in [1.54, 1.807) is 24.5 Å². The van der Waals surface area contributed by atoms with Crippen LogP contribution in [0.25, 0.3) is 55.6 Å². The third kappa shape index (κ3) is 2.97. The average Bonchev–Trinajstić information content (AvgIpc) is 3.43. The maximum Gasteiger partial charge on any atom is 0.181 e. The molecule has 0 unspecified atom stereocenters. The van der Waals surface area contributed by atoms with Crippen LogP contribution in [0, 0.1) is 5.82 Å². The summed E-state index contributed by atoms with van der Waals surface area (Å²) in [5, 5.41) is 9.44. The number of hydrogen-bond acceptors (Lipinski definition) is 3. The molecule has 0 aliphatic rings. The van der Waals surface area contributed by atoms with Crippen molar-refractivity contribution in [2.45, 2.75) is 0 Å². The second kappa shape index (κ2) is 6.88. The lowest BCUT2D eigenvalue weighted by Crippen LogP contribution is -1.83. The fourth-order valence-corrected chi connectivity index (χ4v) is 4.00. The summed E-state index contributed by atoms with van der Waals surface area (Å²) >= 11 is 0. The molecule has 6 rings (SSSR count). The second-order valence-corrected chi connectivity index (χ2v) is 7.39. The molecule has 0 aliphatic heterocycles. The number of halogens is 1. The van der Waals surface area contributed by atoms with Crippen LogP contribution in [-0.4, -0.2) is 25.1 Å². The van der Waals surface area contributed by atoms with Gasteiger partial charge in [0.15, 0.2) is 5.65 Å². The summed E-state index contributed by atoms with van der Waals surface area (Å²) in [6.07, 6.45) is 5.35. The maximum absolute atomic E-state index is 13.8. The van der Waals surface area contributed by atoms with Crippen LogP contribution in [0.2, 0.25) is 0 Å². The SMILES string of the molecule is Fc1cccc(-c2cccc3[nH]c(-c4[nH]nc5ncc(-c6ccncc6)cc45)cc23)c1. The number of hydrogen-bond donors (Lipinski definition) is 2. The number of H-pyrrole nitrogens is 2. The molecular formula is C25H16FN5. The van der Waals surface area contributed by atoms with Crippen molar-refractivity contribution >= 4 is 21.9 Å². The largest absolute Gasteiger partial charge is 0.353 e. The van der Waals surface area contributed by atoms with Gasteiger partial charge < -0.3 is 4.98 Å². The van der Waals surface area contributed by atoms with E-state index in [-0.39, 0.29) is 5.82 Å². The summed E-state index contributed by atoms with van der Waals surface area (Å²) in [6, 6.07) is 20.7. The molecular weight excluding hydrogens is 389 g/mol. The van der Waals surface area contributed by atoms with E-state index in [1.807, 2.05) is 42.6 Å². The third-order valence-corrected chi connectivity index (χ3v) is 5.49. The van der Waals surface area contributed by atoms with Gasteiger partial charge in [0.1, 0.15) is 5.82 Å². The summed E-state index contributed by atoms with van der Waals surface area (Å²) in [4.78, 5) is 12.1. The first-order valence-electron chi connectivity index (χ1n) is 9.89. The normalized spacial score (nSPS) is 11.4. The molecule has 4 heterocycles. The van der Waals surface area contributed by atoms with Gasteiger partial charge in [-0.3, -0.25) is 10.1 Å². The van der Waals surface area contributed by atoms with Gasteiger partial charge in [-0.1, -0.05) is 24.3 Å². The van der Waals surface area contributed by atoms with Crippen LogP contribution < -0.4 is 0 Å². The molecule has 31 heavy (non-hydrogen) atoms. The molecule has 0 radical (unpaired) electrons. The molecule has 0 saturated heterocycles. The Hall–Kier alpha value is -4.32. The van der Waals surface area contributed by atoms with Crippen LogP contribution >= 0.6 is 0 Å². The predicted octanol–water partition coefficient (Wildman–Crippen LogP) is 5.97. The number of aromatic nitrogens is 5. The molecule has 4 aromatic heterocycles. The van der Waals surface area contributed by atoms with Crippen LogP contribution in [0.5, 0.6) is 0 Å². The second-order valence-electron chi connectivity index (χ2n) is 7.39. The third-order valence-electron chi connectivity index (χ3n) is 5.49. The highest BCUT2D eigenvalue weighted by molar-refractivity contribution is 6.01. The number of benzene rings is 2. The van der Waals surface area contributed by atoms with Gasteiger partial charge in [0.2, 0.25) is 0 Å². The first-order chi connectivity index (χ1) is 15.3. The minimum absolute atomic E-state index is 0.250. The monoisotopic (exact) mass is 405 g/mol. The minimum atomic E-state index is -0.250. The van der Waals surface area contributed by atoms with E-state index in [9.17, 15) is 4.39 Å². The summed E-state index contributed by atoms with van der Waals surface area (Å²) in [5.41, 5.74) is 7.23. The average molecular weight is 405 g/mol. The van der Waals surface area contributed by atoms with Crippen LogP contribution in [0.4, 0.5) is 4.39 Å². The number of pyridine rings is 2. The van der Waals surface area contributed by atoms with Crippen molar-refractivity contribution in [1.82, 2.24) is 25.1 Å². The summed E-state index contributed by atoms with van der Waals surface area (Å²) in [6.45, 7) is 0. The topological polar surface area (TPSA) is 70.2 Å². The first-order valence-corrected chi connectivity index (χ1v) is 9.89. The lowest BCUT2D eigenvalue weighted by atomic mass is 10.0. The van der Waals surface area contributed by atoms with Crippen LogP contribution in [-0.2, 0) is 0 Å². The van der Waals surface area contributed by atoms with Crippen molar-refractivity contribution < 1.29 is 4.39 Å². The predicted molar refractivity (Wildman–Crippen MR) is 120 cm³/mol. The first kappa shape index (κ1) is 17.5. The quantitative estimate of drug-likeness (QED) is 0.381. The van der Waals surface area contributed by atoms with E-state index in [4.69, 9.17) is 0 Å². The number of rotatable bonds is 3. The van der Waals surface area contributed by atoms with Gasteiger partial charge in [-0.05, 0) is 59.2 Å². The van der Waals surface area contributed by atoms with Gasteiger partial charge in [-0.15, -0.1) is 0 Å². The number of nitrogens with zero attached hydrogens (tertiary/aromatic N) is 3. The van der Waals surface area contributed by atoms with E-state index in [1.165, 1.54) is 6.07 Å². The van der Waals surface area contributed by atoms with E-state index in [0.29, 0.717) is 5.65 Å². The molecule has 0 spiro atoms. The Labute approximate surface area is 176 Å². The highest BCUT2D eigenvalue weighted by Crippen LogP contribution is 2.34. The van der Waals surface area contributed by atoms with E-state index in [2.05, 4.69) is 37.3 Å². The van der Waals surface area contributed by atoms with Crippen molar-refractivity contribution in [2.24, 2.45) is 0 Å². The molecule has 2 aromatic carbocycles. The Morgan fingerprint density at radius 2 is 1.65 bits per heavy atom. The Morgan fingerprint density at radius 1 is 0.774 bits per heavy atom. The van der Waals surface area contributed by atoms with Crippen molar-refractivity contribution in [1.29, 1.82) is 0 Å². The van der Waals surface area contributed by atoms with Gasteiger partial charge in [-0.25, -0.2) is 9.37 Å². The van der Waals surface area contributed by atoms with Gasteiger partial charge in [0.25, 0.3) is 0 Å². The van der Waals surface area contributed by atoms with Gasteiger partial charge in [0, 0.05) is 40.4 Å². The lowest BCUT2D eigenvalue weighted by Gasteiger charge is -2.03. The molecule has 0 aliphatic carbocycles. The van der Waals surface area contributed by atoms with E-state index < -0.39 is 0 Å². The number of fused-ring (bicyclic) bond motifs is 2. The lowest BCUT2D eigenvalue weighted by molar-refractivity contribution is 0.628. The Bertz CT molecular complexity index is 1550. The van der Waals surface area contributed by atoms with Gasteiger partial charge >= 0.3 is 0 Å². The minimum Gasteiger partial charge on any atom is -0.353 e. The Morgan fingerprint density at radius 3 is 2.52 bits per heavy atom. The van der Waals surface area contributed by atoms with E-state index >= 15 is 0 Å². The van der Waals surface area contributed by atoms with Crippen LogP contribution in [0.1, 0.15) is 0 Å². The number of aromatic amines is 2. The smallest absolute Gasteiger partial charge is 0.181 e. The maximum atomic E-state index is 13.8.